The largest absolute Gasteiger partial charge is 0.497 e. The number of benzene rings is 1. The number of ether oxygens (including phenoxy) is 2. The Bertz CT molecular complexity index is 659. The van der Waals surface area contributed by atoms with Crippen LogP contribution in [0.3, 0.4) is 0 Å². The molecule has 0 bridgehead atoms. The molecule has 0 radical (unpaired) electrons. The third kappa shape index (κ3) is 3.63. The molecule has 0 spiro atoms. The highest BCUT2D eigenvalue weighted by atomic mass is 32.2. The number of rotatable bonds is 5. The first-order valence-electron chi connectivity index (χ1n) is 8.19. The minimum atomic E-state index is -2.81. The van der Waals surface area contributed by atoms with Gasteiger partial charge in [-0.1, -0.05) is 0 Å². The van der Waals surface area contributed by atoms with Crippen LogP contribution < -0.4 is 9.47 Å². The van der Waals surface area contributed by atoms with Crippen molar-refractivity contribution in [3.63, 3.8) is 0 Å². The molecule has 2 aliphatic heterocycles. The Kier molecular flexibility index (Phi) is 4.82. The Morgan fingerprint density at radius 3 is 2.70 bits per heavy atom. The molecule has 0 saturated carbocycles. The molecule has 0 unspecified atom stereocenters. The van der Waals surface area contributed by atoms with Crippen molar-refractivity contribution in [3.8, 4) is 11.5 Å². The minimum absolute atomic E-state index is 0.261. The van der Waals surface area contributed by atoms with Gasteiger partial charge in [0.1, 0.15) is 11.5 Å². The number of hydrogen-bond acceptors (Lipinski definition) is 5. The van der Waals surface area contributed by atoms with Crippen molar-refractivity contribution < 1.29 is 17.9 Å². The van der Waals surface area contributed by atoms with Gasteiger partial charge in [-0.15, -0.1) is 0 Å². The van der Waals surface area contributed by atoms with E-state index in [0.717, 1.165) is 49.4 Å². The molecule has 2 atom stereocenters. The van der Waals surface area contributed by atoms with E-state index in [1.165, 1.54) is 0 Å². The molecule has 2 aliphatic rings. The van der Waals surface area contributed by atoms with E-state index >= 15 is 0 Å². The van der Waals surface area contributed by atoms with E-state index < -0.39 is 9.84 Å². The Morgan fingerprint density at radius 1 is 1.22 bits per heavy atom. The third-order valence-electron chi connectivity index (χ3n) is 4.98. The van der Waals surface area contributed by atoms with Gasteiger partial charge in [0.2, 0.25) is 0 Å². The van der Waals surface area contributed by atoms with Gasteiger partial charge in [-0.2, -0.15) is 0 Å². The van der Waals surface area contributed by atoms with Crippen LogP contribution in [-0.2, 0) is 9.84 Å². The van der Waals surface area contributed by atoms with E-state index in [0.29, 0.717) is 11.5 Å². The summed E-state index contributed by atoms with van der Waals surface area (Å²) in [4.78, 5) is 2.42. The number of hydrogen-bond donors (Lipinski definition) is 0. The standard InChI is InChI=1S/C17H25NO4S/c1-21-14-5-6-17(22-2)15(10-14)16-4-3-8-18(16)11-13-7-9-23(19,20)12-13/h5-6,10,13,16H,3-4,7-9,11-12H2,1-2H3/t13-,16-/m1/s1. The summed E-state index contributed by atoms with van der Waals surface area (Å²) >= 11 is 0. The molecule has 0 aliphatic carbocycles. The molecule has 1 aromatic rings. The topological polar surface area (TPSA) is 55.8 Å². The van der Waals surface area contributed by atoms with E-state index in [2.05, 4.69) is 4.90 Å². The molecule has 0 amide bonds. The molecule has 3 rings (SSSR count). The normalized spacial score (nSPS) is 27.2. The summed E-state index contributed by atoms with van der Waals surface area (Å²) in [5.74, 6) is 2.65. The maximum atomic E-state index is 11.7. The van der Waals surface area contributed by atoms with Crippen molar-refractivity contribution in [2.45, 2.75) is 25.3 Å². The third-order valence-corrected chi connectivity index (χ3v) is 6.82. The lowest BCUT2D eigenvalue weighted by atomic mass is 10.0. The van der Waals surface area contributed by atoms with Gasteiger partial charge in [0.05, 0.1) is 25.7 Å². The van der Waals surface area contributed by atoms with Gasteiger partial charge in [0.15, 0.2) is 9.84 Å². The summed E-state index contributed by atoms with van der Waals surface area (Å²) < 4.78 is 34.3. The van der Waals surface area contributed by atoms with Gasteiger partial charge in [-0.3, -0.25) is 4.90 Å². The molecule has 0 aromatic heterocycles. The van der Waals surface area contributed by atoms with Gasteiger partial charge in [-0.25, -0.2) is 8.42 Å². The molecular weight excluding hydrogens is 314 g/mol. The average molecular weight is 339 g/mol. The van der Waals surface area contributed by atoms with Crippen LogP contribution in [0.25, 0.3) is 0 Å². The molecule has 6 heteroatoms. The quantitative estimate of drug-likeness (QED) is 0.824. The van der Waals surface area contributed by atoms with Gasteiger partial charge in [0, 0.05) is 18.2 Å². The summed E-state index contributed by atoms with van der Waals surface area (Å²) in [7, 11) is 0.543. The number of nitrogens with zero attached hydrogens (tertiary/aromatic N) is 1. The van der Waals surface area contributed by atoms with Gasteiger partial charge in [-0.05, 0) is 49.9 Å². The average Bonchev–Trinajstić information content (AvgIpc) is 3.13. The van der Waals surface area contributed by atoms with Crippen molar-refractivity contribution in [3.05, 3.63) is 23.8 Å². The Labute approximate surface area is 138 Å². The lowest BCUT2D eigenvalue weighted by Crippen LogP contribution is -2.30. The SMILES string of the molecule is COc1ccc(OC)c([C@H]2CCCN2C[C@H]2CCS(=O)(=O)C2)c1. The first kappa shape index (κ1) is 16.6. The van der Waals surface area contributed by atoms with E-state index in [9.17, 15) is 8.42 Å². The molecule has 1 aromatic carbocycles. The maximum absolute atomic E-state index is 11.7. The van der Waals surface area contributed by atoms with Gasteiger partial charge >= 0.3 is 0 Å². The van der Waals surface area contributed by atoms with Crippen LogP contribution in [0.4, 0.5) is 0 Å². The monoisotopic (exact) mass is 339 g/mol. The highest BCUT2D eigenvalue weighted by Gasteiger charge is 2.34. The zero-order chi connectivity index (χ0) is 16.4. The number of methoxy groups -OCH3 is 2. The molecule has 2 heterocycles. The highest BCUT2D eigenvalue weighted by molar-refractivity contribution is 7.91. The van der Waals surface area contributed by atoms with Crippen LogP contribution in [0.15, 0.2) is 18.2 Å². The zero-order valence-corrected chi connectivity index (χ0v) is 14.6. The summed E-state index contributed by atoms with van der Waals surface area (Å²) in [6.45, 7) is 1.87. The van der Waals surface area contributed by atoms with Crippen molar-refractivity contribution >= 4 is 9.84 Å². The highest BCUT2D eigenvalue weighted by Crippen LogP contribution is 2.39. The van der Waals surface area contributed by atoms with Crippen molar-refractivity contribution in [1.82, 2.24) is 4.90 Å². The summed E-state index contributed by atoms with van der Waals surface area (Å²) in [6.07, 6.45) is 2.99. The predicted octanol–water partition coefficient (Wildman–Crippen LogP) is 2.28. The zero-order valence-electron chi connectivity index (χ0n) is 13.8. The van der Waals surface area contributed by atoms with Crippen LogP contribution in [0.2, 0.25) is 0 Å². The number of likely N-dealkylation sites (tertiary alicyclic amines) is 1. The lowest BCUT2D eigenvalue weighted by molar-refractivity contribution is 0.220. The fraction of sp³-hybridized carbons (Fsp3) is 0.647. The van der Waals surface area contributed by atoms with Crippen LogP contribution in [0, 0.1) is 5.92 Å². The number of sulfone groups is 1. The fourth-order valence-corrected chi connectivity index (χ4v) is 5.69. The Morgan fingerprint density at radius 2 is 2.04 bits per heavy atom. The van der Waals surface area contributed by atoms with Crippen LogP contribution in [0.5, 0.6) is 11.5 Å². The van der Waals surface area contributed by atoms with Crippen LogP contribution in [0.1, 0.15) is 30.9 Å². The maximum Gasteiger partial charge on any atom is 0.150 e. The van der Waals surface area contributed by atoms with Crippen molar-refractivity contribution in [2.75, 3.05) is 38.8 Å². The van der Waals surface area contributed by atoms with E-state index in [4.69, 9.17) is 9.47 Å². The second-order valence-corrected chi connectivity index (χ2v) is 8.76. The first-order chi connectivity index (χ1) is 11.0. The molecule has 128 valence electrons. The fourth-order valence-electron chi connectivity index (χ4n) is 3.84. The first-order valence-corrected chi connectivity index (χ1v) is 10.0. The van der Waals surface area contributed by atoms with Crippen LogP contribution in [-0.4, -0.2) is 52.1 Å². The smallest absolute Gasteiger partial charge is 0.150 e. The predicted molar refractivity (Wildman–Crippen MR) is 89.9 cm³/mol. The molecule has 2 saturated heterocycles. The van der Waals surface area contributed by atoms with E-state index in [1.807, 2.05) is 18.2 Å². The second-order valence-electron chi connectivity index (χ2n) is 6.53. The van der Waals surface area contributed by atoms with E-state index in [1.54, 1.807) is 14.2 Å². The van der Waals surface area contributed by atoms with Gasteiger partial charge < -0.3 is 9.47 Å². The van der Waals surface area contributed by atoms with Crippen molar-refractivity contribution in [2.24, 2.45) is 5.92 Å². The van der Waals surface area contributed by atoms with E-state index in [-0.39, 0.29) is 12.0 Å². The summed E-state index contributed by atoms with van der Waals surface area (Å²) in [6, 6.07) is 6.19. The Balaban J connectivity index is 1.79. The van der Waals surface area contributed by atoms with Gasteiger partial charge in [0.25, 0.3) is 0 Å². The lowest BCUT2D eigenvalue weighted by Gasteiger charge is -2.28. The molecule has 23 heavy (non-hydrogen) atoms. The van der Waals surface area contributed by atoms with Crippen molar-refractivity contribution in [1.29, 1.82) is 0 Å². The van der Waals surface area contributed by atoms with Crippen LogP contribution >= 0.6 is 0 Å². The molecule has 0 N–H and O–H groups in total. The molecule has 2 fully saturated rings. The summed E-state index contributed by atoms with van der Waals surface area (Å²) in [5, 5.41) is 0. The molecule has 5 nitrogen and oxygen atoms in total. The minimum Gasteiger partial charge on any atom is -0.497 e. The molecular formula is C17H25NO4S. The summed E-state index contributed by atoms with van der Waals surface area (Å²) in [5.41, 5.74) is 1.14. The Hall–Kier alpha value is -1.27. The second kappa shape index (κ2) is 6.69.